The fraction of sp³-hybridized carbons (Fsp3) is 0.333. The van der Waals surface area contributed by atoms with Gasteiger partial charge in [0.15, 0.2) is 0 Å². The Labute approximate surface area is 104 Å². The minimum atomic E-state index is -0.437. The number of likely N-dealkylation sites (tertiary alicyclic amines) is 1. The molecule has 0 bridgehead atoms. The van der Waals surface area contributed by atoms with E-state index in [9.17, 15) is 9.18 Å². The van der Waals surface area contributed by atoms with Crippen LogP contribution in [0.3, 0.4) is 0 Å². The van der Waals surface area contributed by atoms with Gasteiger partial charge in [-0.15, -0.1) is 0 Å². The van der Waals surface area contributed by atoms with Crippen LogP contribution in [0.1, 0.15) is 11.5 Å². The van der Waals surface area contributed by atoms with Crippen molar-refractivity contribution in [3.05, 3.63) is 41.0 Å². The van der Waals surface area contributed by atoms with Gasteiger partial charge in [-0.2, -0.15) is 0 Å². The number of hydrogen-bond acceptors (Lipinski definition) is 2. The molecule has 0 spiro atoms. The molecule has 3 nitrogen and oxygen atoms in total. The third kappa shape index (κ3) is 2.42. The number of nitrogens with two attached hydrogens (primary N) is 1. The SMILES string of the molecule is CN1CC(c2ccc(F)c(Cl)c2)[CH]C1C(N)=O. The van der Waals surface area contributed by atoms with Crippen molar-refractivity contribution in [3.63, 3.8) is 0 Å². The number of hydrogen-bond donors (Lipinski definition) is 1. The van der Waals surface area contributed by atoms with Crippen molar-refractivity contribution in [2.24, 2.45) is 5.73 Å². The van der Waals surface area contributed by atoms with E-state index in [-0.39, 0.29) is 22.9 Å². The molecule has 1 aliphatic heterocycles. The predicted molar refractivity (Wildman–Crippen MR) is 64.1 cm³/mol. The molecule has 1 aliphatic rings. The lowest BCUT2D eigenvalue weighted by atomic mass is 9.96. The van der Waals surface area contributed by atoms with Gasteiger partial charge in [0, 0.05) is 12.5 Å². The lowest BCUT2D eigenvalue weighted by molar-refractivity contribution is -0.120. The van der Waals surface area contributed by atoms with Crippen LogP contribution in [0.15, 0.2) is 18.2 Å². The normalized spacial score (nSPS) is 25.1. The van der Waals surface area contributed by atoms with Crippen LogP contribution < -0.4 is 5.73 Å². The van der Waals surface area contributed by atoms with Crippen molar-refractivity contribution in [2.75, 3.05) is 13.6 Å². The molecule has 1 aromatic rings. The van der Waals surface area contributed by atoms with Crippen molar-refractivity contribution >= 4 is 17.5 Å². The summed E-state index contributed by atoms with van der Waals surface area (Å²) in [6.45, 7) is 0.676. The molecule has 2 unspecified atom stereocenters. The standard InChI is InChI=1S/C12H13ClFN2O/c1-16-6-8(5-11(16)12(15)17)7-2-3-10(14)9(13)4-7/h2-5,8,11H,6H2,1H3,(H2,15,17). The highest BCUT2D eigenvalue weighted by molar-refractivity contribution is 6.30. The van der Waals surface area contributed by atoms with Crippen LogP contribution in [0.2, 0.25) is 5.02 Å². The Kier molecular flexibility index (Phi) is 3.35. The Hall–Kier alpha value is -1.13. The van der Waals surface area contributed by atoms with Gasteiger partial charge in [-0.25, -0.2) is 4.39 Å². The first-order valence-corrected chi connectivity index (χ1v) is 5.66. The minimum absolute atomic E-state index is 0.0515. The zero-order chi connectivity index (χ0) is 12.6. The number of carbonyl (C=O) groups is 1. The van der Waals surface area contributed by atoms with Gasteiger partial charge in [-0.05, 0) is 31.2 Å². The molecule has 1 amide bonds. The Balaban J connectivity index is 2.19. The maximum atomic E-state index is 13.0. The third-order valence-electron chi connectivity index (χ3n) is 3.04. The van der Waals surface area contributed by atoms with Crippen LogP contribution in [0.25, 0.3) is 0 Å². The van der Waals surface area contributed by atoms with E-state index in [1.54, 1.807) is 12.1 Å². The van der Waals surface area contributed by atoms with E-state index in [2.05, 4.69) is 0 Å². The molecular weight excluding hydrogens is 243 g/mol. The third-order valence-corrected chi connectivity index (χ3v) is 3.33. The summed E-state index contributed by atoms with van der Waals surface area (Å²) < 4.78 is 13.0. The molecule has 17 heavy (non-hydrogen) atoms. The molecule has 1 fully saturated rings. The van der Waals surface area contributed by atoms with Crippen LogP contribution >= 0.6 is 11.6 Å². The smallest absolute Gasteiger partial charge is 0.235 e. The Morgan fingerprint density at radius 2 is 2.29 bits per heavy atom. The highest BCUT2D eigenvalue weighted by atomic mass is 35.5. The molecule has 1 saturated heterocycles. The molecular formula is C12H13ClFN2O. The number of likely N-dealkylation sites (N-methyl/N-ethyl adjacent to an activating group) is 1. The van der Waals surface area contributed by atoms with E-state index in [4.69, 9.17) is 17.3 Å². The maximum absolute atomic E-state index is 13.0. The van der Waals surface area contributed by atoms with Gasteiger partial charge in [0.1, 0.15) is 5.82 Å². The maximum Gasteiger partial charge on any atom is 0.235 e. The number of benzene rings is 1. The van der Waals surface area contributed by atoms with Crippen LogP contribution in [-0.2, 0) is 4.79 Å². The van der Waals surface area contributed by atoms with Crippen LogP contribution in [0.5, 0.6) is 0 Å². The molecule has 0 aliphatic carbocycles. The summed E-state index contributed by atoms with van der Waals surface area (Å²) in [5, 5.41) is 0.0982. The summed E-state index contributed by atoms with van der Waals surface area (Å²) >= 11 is 5.73. The first-order chi connectivity index (χ1) is 7.99. The van der Waals surface area contributed by atoms with E-state index in [0.29, 0.717) is 6.54 Å². The first-order valence-electron chi connectivity index (χ1n) is 5.28. The topological polar surface area (TPSA) is 46.3 Å². The summed E-state index contributed by atoms with van der Waals surface area (Å²) in [6.07, 6.45) is 1.87. The van der Waals surface area contributed by atoms with Crippen molar-refractivity contribution in [1.82, 2.24) is 4.90 Å². The van der Waals surface area contributed by atoms with Crippen LogP contribution in [0.4, 0.5) is 4.39 Å². The highest BCUT2D eigenvalue weighted by Crippen LogP contribution is 2.31. The average molecular weight is 256 g/mol. The molecule has 2 N–H and O–H groups in total. The van der Waals surface area contributed by atoms with Gasteiger partial charge in [-0.1, -0.05) is 17.7 Å². The Bertz CT molecular complexity index is 452. The summed E-state index contributed by atoms with van der Waals surface area (Å²) in [5.74, 6) is -0.757. The second-order valence-corrected chi connectivity index (χ2v) is 4.67. The zero-order valence-corrected chi connectivity index (χ0v) is 10.1. The van der Waals surface area contributed by atoms with Crippen LogP contribution in [0, 0.1) is 12.2 Å². The molecule has 1 aromatic carbocycles. The average Bonchev–Trinajstić information content (AvgIpc) is 2.64. The van der Waals surface area contributed by atoms with Crippen molar-refractivity contribution in [3.8, 4) is 0 Å². The van der Waals surface area contributed by atoms with E-state index >= 15 is 0 Å². The van der Waals surface area contributed by atoms with E-state index in [1.807, 2.05) is 18.4 Å². The van der Waals surface area contributed by atoms with Gasteiger partial charge in [0.2, 0.25) is 5.91 Å². The fourth-order valence-corrected chi connectivity index (χ4v) is 2.31. The Morgan fingerprint density at radius 1 is 1.59 bits per heavy atom. The predicted octanol–water partition coefficient (Wildman–Crippen LogP) is 1.57. The van der Waals surface area contributed by atoms with E-state index in [1.165, 1.54) is 6.07 Å². The number of rotatable bonds is 2. The molecule has 1 radical (unpaired) electrons. The van der Waals surface area contributed by atoms with Crippen molar-refractivity contribution < 1.29 is 9.18 Å². The lowest BCUT2D eigenvalue weighted by Gasteiger charge is -2.14. The molecule has 0 saturated carbocycles. The summed E-state index contributed by atoms with van der Waals surface area (Å²) in [4.78, 5) is 13.0. The van der Waals surface area contributed by atoms with E-state index < -0.39 is 5.82 Å². The van der Waals surface area contributed by atoms with Crippen molar-refractivity contribution in [1.29, 1.82) is 0 Å². The molecule has 2 atom stereocenters. The summed E-state index contributed by atoms with van der Waals surface area (Å²) in [6, 6.07) is 4.24. The quantitative estimate of drug-likeness (QED) is 0.872. The second-order valence-electron chi connectivity index (χ2n) is 4.26. The lowest BCUT2D eigenvalue weighted by Crippen LogP contribution is -2.37. The zero-order valence-electron chi connectivity index (χ0n) is 9.36. The van der Waals surface area contributed by atoms with Gasteiger partial charge in [0.05, 0.1) is 11.1 Å². The fourth-order valence-electron chi connectivity index (χ4n) is 2.12. The van der Waals surface area contributed by atoms with Gasteiger partial charge in [-0.3, -0.25) is 9.69 Å². The van der Waals surface area contributed by atoms with Gasteiger partial charge >= 0.3 is 0 Å². The molecule has 1 heterocycles. The number of amides is 1. The minimum Gasteiger partial charge on any atom is -0.368 e. The Morgan fingerprint density at radius 3 is 2.82 bits per heavy atom. The molecule has 0 aromatic heterocycles. The van der Waals surface area contributed by atoms with E-state index in [0.717, 1.165) is 5.56 Å². The number of carbonyl (C=O) groups excluding carboxylic acids is 1. The highest BCUT2D eigenvalue weighted by Gasteiger charge is 2.34. The van der Waals surface area contributed by atoms with Gasteiger partial charge < -0.3 is 5.73 Å². The largest absolute Gasteiger partial charge is 0.368 e. The van der Waals surface area contributed by atoms with Crippen LogP contribution in [-0.4, -0.2) is 30.4 Å². The number of nitrogens with zero attached hydrogens (tertiary/aromatic N) is 1. The molecule has 91 valence electrons. The molecule has 2 rings (SSSR count). The summed E-state index contributed by atoms with van der Waals surface area (Å²) in [7, 11) is 1.83. The van der Waals surface area contributed by atoms with Gasteiger partial charge in [0.25, 0.3) is 0 Å². The first kappa shape index (κ1) is 12.3. The number of halogens is 2. The monoisotopic (exact) mass is 255 g/mol. The second kappa shape index (κ2) is 4.63. The molecule has 5 heteroatoms. The number of primary amides is 1. The summed E-state index contributed by atoms with van der Waals surface area (Å²) in [5.41, 5.74) is 6.18. The van der Waals surface area contributed by atoms with Crippen molar-refractivity contribution in [2.45, 2.75) is 12.0 Å².